The molecule has 3 amide bonds. The highest BCUT2D eigenvalue weighted by Gasteiger charge is 2.56. The fourth-order valence-electron chi connectivity index (χ4n) is 2.60. The molecule has 8 heteroatoms. The number of amidine groups is 1. The summed E-state index contributed by atoms with van der Waals surface area (Å²) in [7, 11) is 1.53. The molecule has 0 aromatic carbocycles. The van der Waals surface area contributed by atoms with E-state index in [0.29, 0.717) is 17.6 Å². The van der Waals surface area contributed by atoms with E-state index >= 15 is 0 Å². The van der Waals surface area contributed by atoms with Crippen LogP contribution >= 0.6 is 0 Å². The molecule has 0 spiro atoms. The van der Waals surface area contributed by atoms with Gasteiger partial charge in [0.15, 0.2) is 5.76 Å². The van der Waals surface area contributed by atoms with Crippen molar-refractivity contribution in [1.29, 1.82) is 0 Å². The van der Waals surface area contributed by atoms with Crippen molar-refractivity contribution in [1.82, 2.24) is 9.80 Å². The number of oxazole rings is 1. The fraction of sp³-hybridized carbons (Fsp3) is 0.462. The van der Waals surface area contributed by atoms with Crippen molar-refractivity contribution in [3.8, 4) is 0 Å². The summed E-state index contributed by atoms with van der Waals surface area (Å²) in [6, 6.07) is -1.01. The smallest absolute Gasteiger partial charge is 0.389 e. The lowest BCUT2D eigenvalue weighted by molar-refractivity contribution is -0.685. The number of carbonyl (C=O) groups is 3. The van der Waals surface area contributed by atoms with Gasteiger partial charge in [0, 0.05) is 19.0 Å². The summed E-state index contributed by atoms with van der Waals surface area (Å²) in [6.45, 7) is 4.70. The molecule has 1 atom stereocenters. The SMILES string of the molecule is CC(=O)CN1C(=O)C2C(=Nc3oc(C)c(C)[n+]32)N(C)C1=O. The quantitative estimate of drug-likeness (QED) is 0.731. The first-order valence-electron chi connectivity index (χ1n) is 6.51. The Morgan fingerprint density at radius 2 is 2.05 bits per heavy atom. The molecule has 1 unspecified atom stereocenters. The van der Waals surface area contributed by atoms with E-state index in [-0.39, 0.29) is 12.3 Å². The lowest BCUT2D eigenvalue weighted by atomic mass is 10.1. The molecule has 0 N–H and O–H groups in total. The number of hydrogen-bond donors (Lipinski definition) is 0. The molecule has 0 bridgehead atoms. The second kappa shape index (κ2) is 4.24. The second-order valence-corrected chi connectivity index (χ2v) is 5.24. The molecule has 3 rings (SSSR count). The Morgan fingerprint density at radius 3 is 2.67 bits per heavy atom. The Kier molecular flexibility index (Phi) is 2.72. The van der Waals surface area contributed by atoms with Crippen molar-refractivity contribution in [2.75, 3.05) is 13.6 Å². The highest BCUT2D eigenvalue weighted by atomic mass is 16.4. The minimum absolute atomic E-state index is 0.239. The molecule has 1 saturated heterocycles. The highest BCUT2D eigenvalue weighted by Crippen LogP contribution is 2.30. The summed E-state index contributed by atoms with van der Waals surface area (Å²) in [6.07, 6.45) is 0. The number of rotatable bonds is 2. The Balaban J connectivity index is 2.10. The van der Waals surface area contributed by atoms with Crippen LogP contribution in [-0.4, -0.2) is 46.9 Å². The molecule has 110 valence electrons. The first kappa shape index (κ1) is 13.5. The van der Waals surface area contributed by atoms with Crippen LogP contribution in [0, 0.1) is 13.8 Å². The maximum atomic E-state index is 12.6. The molecule has 1 aromatic heterocycles. The van der Waals surface area contributed by atoms with Gasteiger partial charge in [-0.3, -0.25) is 19.4 Å². The first-order valence-corrected chi connectivity index (χ1v) is 6.51. The Bertz CT molecular complexity index is 718. The van der Waals surface area contributed by atoms with Gasteiger partial charge in [-0.2, -0.15) is 4.57 Å². The average Bonchev–Trinajstić information content (AvgIpc) is 2.90. The number of urea groups is 1. The zero-order valence-corrected chi connectivity index (χ0v) is 12.2. The number of amides is 3. The minimum Gasteiger partial charge on any atom is -0.389 e. The number of likely N-dealkylation sites (N-methyl/N-ethyl adjacent to an activating group) is 1. The van der Waals surface area contributed by atoms with Crippen molar-refractivity contribution in [3.05, 3.63) is 11.5 Å². The molecule has 8 nitrogen and oxygen atoms in total. The number of hydrogen-bond acceptors (Lipinski definition) is 5. The van der Waals surface area contributed by atoms with E-state index < -0.39 is 18.0 Å². The van der Waals surface area contributed by atoms with Crippen molar-refractivity contribution in [3.63, 3.8) is 0 Å². The van der Waals surface area contributed by atoms with Gasteiger partial charge in [-0.05, 0) is 13.8 Å². The Hall–Kier alpha value is -2.51. The predicted molar refractivity (Wildman–Crippen MR) is 70.1 cm³/mol. The number of fused-ring (bicyclic) bond motifs is 3. The second-order valence-electron chi connectivity index (χ2n) is 5.24. The van der Waals surface area contributed by atoms with E-state index in [2.05, 4.69) is 4.99 Å². The van der Waals surface area contributed by atoms with E-state index in [0.717, 1.165) is 10.6 Å². The van der Waals surface area contributed by atoms with E-state index in [9.17, 15) is 14.4 Å². The Morgan fingerprint density at radius 1 is 1.38 bits per heavy atom. The average molecular weight is 291 g/mol. The minimum atomic E-state index is -0.750. The van der Waals surface area contributed by atoms with Crippen LogP contribution in [0.1, 0.15) is 24.4 Å². The van der Waals surface area contributed by atoms with Crippen molar-refractivity contribution in [2.24, 2.45) is 4.99 Å². The van der Waals surface area contributed by atoms with E-state index in [1.54, 1.807) is 11.5 Å². The number of imide groups is 1. The standard InChI is InChI=1S/C13H15N4O4/c1-6(18)5-16-11(19)9-10(15(4)13(16)20)14-12-17(9)7(2)8(3)21-12/h9H,5H2,1-4H3/q+1. The molecule has 2 aliphatic rings. The maximum Gasteiger partial charge on any atom is 0.507 e. The van der Waals surface area contributed by atoms with Crippen molar-refractivity contribution >= 4 is 29.6 Å². The topological polar surface area (TPSA) is 87.1 Å². The molecule has 1 fully saturated rings. The lowest BCUT2D eigenvalue weighted by Crippen LogP contribution is -2.63. The van der Waals surface area contributed by atoms with Gasteiger partial charge in [0.25, 0.3) is 17.8 Å². The number of aliphatic imine (C=N–C) groups is 1. The molecule has 0 radical (unpaired) electrons. The van der Waals surface area contributed by atoms with Crippen LogP contribution in [0.15, 0.2) is 9.41 Å². The highest BCUT2D eigenvalue weighted by molar-refractivity contribution is 6.19. The van der Waals surface area contributed by atoms with Crippen LogP contribution in [0.3, 0.4) is 0 Å². The summed E-state index contributed by atoms with van der Waals surface area (Å²) < 4.78 is 7.15. The largest absolute Gasteiger partial charge is 0.507 e. The summed E-state index contributed by atoms with van der Waals surface area (Å²) in [5, 5.41) is 0. The normalized spacial score (nSPS) is 20.6. The fourth-order valence-corrected chi connectivity index (χ4v) is 2.60. The molecule has 0 saturated carbocycles. The monoisotopic (exact) mass is 291 g/mol. The van der Waals surface area contributed by atoms with E-state index in [4.69, 9.17) is 4.42 Å². The van der Waals surface area contributed by atoms with Crippen LogP contribution in [0.2, 0.25) is 0 Å². The van der Waals surface area contributed by atoms with Crippen LogP contribution in [0.4, 0.5) is 10.8 Å². The first-order chi connectivity index (χ1) is 9.82. The van der Waals surface area contributed by atoms with Gasteiger partial charge in [-0.1, -0.05) is 0 Å². The molecule has 21 heavy (non-hydrogen) atoms. The molecule has 2 aliphatic heterocycles. The number of nitrogens with zero attached hydrogens (tertiary/aromatic N) is 4. The van der Waals surface area contributed by atoms with Crippen molar-refractivity contribution < 1.29 is 23.4 Å². The molecular formula is C13H15N4O4+. The summed E-state index contributed by atoms with van der Waals surface area (Å²) in [5.41, 5.74) is 0.771. The zero-order valence-electron chi connectivity index (χ0n) is 12.2. The number of Topliss-reactive ketones (excluding diaryl/α,β-unsaturated/α-hetero) is 1. The van der Waals surface area contributed by atoms with Gasteiger partial charge in [0.2, 0.25) is 0 Å². The summed E-state index contributed by atoms with van der Waals surface area (Å²) >= 11 is 0. The Labute approximate surface area is 120 Å². The summed E-state index contributed by atoms with van der Waals surface area (Å²) in [4.78, 5) is 42.6. The van der Waals surface area contributed by atoms with Crippen LogP contribution in [-0.2, 0) is 9.59 Å². The van der Waals surface area contributed by atoms with Gasteiger partial charge < -0.3 is 4.42 Å². The maximum absolute atomic E-state index is 12.6. The zero-order chi connectivity index (χ0) is 15.5. The van der Waals surface area contributed by atoms with Gasteiger partial charge in [-0.25, -0.2) is 4.79 Å². The number of aromatic nitrogens is 1. The van der Waals surface area contributed by atoms with Gasteiger partial charge in [0.05, 0.1) is 6.54 Å². The van der Waals surface area contributed by atoms with Crippen LogP contribution in [0.25, 0.3) is 0 Å². The van der Waals surface area contributed by atoms with Gasteiger partial charge >= 0.3 is 12.0 Å². The third kappa shape index (κ3) is 1.71. The van der Waals surface area contributed by atoms with E-state index in [1.165, 1.54) is 18.9 Å². The van der Waals surface area contributed by atoms with Gasteiger partial charge in [-0.15, -0.1) is 0 Å². The number of carbonyl (C=O) groups excluding carboxylic acids is 3. The third-order valence-electron chi connectivity index (χ3n) is 3.78. The molecular weight excluding hydrogens is 276 g/mol. The van der Waals surface area contributed by atoms with Crippen molar-refractivity contribution in [2.45, 2.75) is 26.8 Å². The lowest BCUT2D eigenvalue weighted by Gasteiger charge is -2.31. The molecule has 1 aromatic rings. The third-order valence-corrected chi connectivity index (χ3v) is 3.78. The van der Waals surface area contributed by atoms with Gasteiger partial charge in [0.1, 0.15) is 11.5 Å². The summed E-state index contributed by atoms with van der Waals surface area (Å²) in [5.74, 6) is 0.276. The molecule has 3 heterocycles. The van der Waals surface area contributed by atoms with E-state index in [1.807, 2.05) is 6.92 Å². The predicted octanol–water partition coefficient (Wildman–Crippen LogP) is 0.252. The number of aryl methyl sites for hydroxylation is 1. The number of ketones is 1. The van der Waals surface area contributed by atoms with Crippen LogP contribution < -0.4 is 4.57 Å². The van der Waals surface area contributed by atoms with Crippen LogP contribution in [0.5, 0.6) is 0 Å². The molecule has 0 aliphatic carbocycles.